The summed E-state index contributed by atoms with van der Waals surface area (Å²) in [7, 11) is 0. The summed E-state index contributed by atoms with van der Waals surface area (Å²) in [6.45, 7) is 8.09. The van der Waals surface area contributed by atoms with Crippen molar-refractivity contribution in [3.63, 3.8) is 0 Å². The van der Waals surface area contributed by atoms with E-state index >= 15 is 0 Å². The second-order valence-electron chi connectivity index (χ2n) is 3.06. The summed E-state index contributed by atoms with van der Waals surface area (Å²) in [6, 6.07) is 0. The average Bonchev–Trinajstić information content (AvgIpc) is 2.35. The van der Waals surface area contributed by atoms with Crippen molar-refractivity contribution >= 4 is 0 Å². The Bertz CT molecular complexity index is 122. The van der Waals surface area contributed by atoms with Gasteiger partial charge >= 0.3 is 0 Å². The Kier molecular flexibility index (Phi) is 22.9. The standard InChI is InChI=1S/C6H14O4.C6H12O/c7-1-3-9-5-6-10-4-2-8;1-3-5-6-7-4-2/h7-8H,1-6H2;4H,2-3,5-6H2,1H3. The van der Waals surface area contributed by atoms with Crippen LogP contribution in [-0.4, -0.2) is 56.5 Å². The van der Waals surface area contributed by atoms with E-state index in [1.807, 2.05) is 0 Å². The smallest absolute Gasteiger partial charge is 0.0872 e. The molecule has 0 unspecified atom stereocenters. The van der Waals surface area contributed by atoms with E-state index in [1.165, 1.54) is 12.7 Å². The Balaban J connectivity index is 0. The molecule has 0 aliphatic carbocycles. The summed E-state index contributed by atoms with van der Waals surface area (Å²) >= 11 is 0. The third-order valence-corrected chi connectivity index (χ3v) is 1.58. The number of rotatable bonds is 11. The van der Waals surface area contributed by atoms with Crippen LogP contribution in [0.15, 0.2) is 12.8 Å². The van der Waals surface area contributed by atoms with Crippen LogP contribution < -0.4 is 0 Å². The Labute approximate surface area is 104 Å². The summed E-state index contributed by atoms with van der Waals surface area (Å²) in [5.74, 6) is 0. The zero-order chi connectivity index (χ0) is 13.2. The molecule has 0 fully saturated rings. The van der Waals surface area contributed by atoms with Crippen molar-refractivity contribution in [3.05, 3.63) is 12.8 Å². The minimum atomic E-state index is 0.0417. The molecule has 0 aliphatic rings. The van der Waals surface area contributed by atoms with Gasteiger partial charge in [0.25, 0.3) is 0 Å². The fourth-order valence-electron chi connectivity index (χ4n) is 0.762. The third kappa shape index (κ3) is 25.6. The second kappa shape index (κ2) is 20.8. The lowest BCUT2D eigenvalue weighted by Crippen LogP contribution is -2.09. The van der Waals surface area contributed by atoms with Gasteiger partial charge < -0.3 is 24.4 Å². The van der Waals surface area contributed by atoms with Crippen LogP contribution in [0.25, 0.3) is 0 Å². The minimum Gasteiger partial charge on any atom is -0.502 e. The Morgan fingerprint density at radius 1 is 0.941 bits per heavy atom. The highest BCUT2D eigenvalue weighted by Crippen LogP contribution is 1.86. The van der Waals surface area contributed by atoms with Gasteiger partial charge in [0.15, 0.2) is 0 Å². The topological polar surface area (TPSA) is 68.2 Å². The van der Waals surface area contributed by atoms with Gasteiger partial charge in [-0.15, -0.1) is 0 Å². The van der Waals surface area contributed by atoms with Crippen molar-refractivity contribution in [3.8, 4) is 0 Å². The SMILES string of the molecule is C=COCCCC.OCCOCCOCCO. The van der Waals surface area contributed by atoms with E-state index in [1.54, 1.807) is 0 Å². The molecule has 0 radical (unpaired) electrons. The summed E-state index contributed by atoms with van der Waals surface area (Å²) in [6.07, 6.45) is 3.80. The molecule has 0 heterocycles. The summed E-state index contributed by atoms with van der Waals surface area (Å²) in [5, 5.41) is 16.5. The van der Waals surface area contributed by atoms with Crippen molar-refractivity contribution in [2.45, 2.75) is 19.8 Å². The van der Waals surface area contributed by atoms with Crippen molar-refractivity contribution in [1.82, 2.24) is 0 Å². The van der Waals surface area contributed by atoms with E-state index in [0.717, 1.165) is 13.0 Å². The molecular weight excluding hydrogens is 224 g/mol. The molecule has 104 valence electrons. The maximum Gasteiger partial charge on any atom is 0.0872 e. The van der Waals surface area contributed by atoms with Gasteiger partial charge in [-0.2, -0.15) is 0 Å². The highest BCUT2D eigenvalue weighted by atomic mass is 16.5. The molecule has 5 heteroatoms. The summed E-state index contributed by atoms with van der Waals surface area (Å²) in [4.78, 5) is 0. The van der Waals surface area contributed by atoms with E-state index in [-0.39, 0.29) is 13.2 Å². The molecule has 0 amide bonds. The van der Waals surface area contributed by atoms with Gasteiger partial charge in [-0.05, 0) is 6.42 Å². The molecule has 2 N–H and O–H groups in total. The van der Waals surface area contributed by atoms with Gasteiger partial charge in [-0.1, -0.05) is 19.9 Å². The van der Waals surface area contributed by atoms with Crippen LogP contribution in [0.3, 0.4) is 0 Å². The van der Waals surface area contributed by atoms with Crippen LogP contribution in [0.5, 0.6) is 0 Å². The largest absolute Gasteiger partial charge is 0.502 e. The Morgan fingerprint density at radius 3 is 1.82 bits per heavy atom. The molecule has 0 aliphatic heterocycles. The molecule has 17 heavy (non-hydrogen) atoms. The first kappa shape index (κ1) is 18.7. The number of aliphatic hydroxyl groups excluding tert-OH is 2. The number of ether oxygens (including phenoxy) is 3. The fourth-order valence-corrected chi connectivity index (χ4v) is 0.762. The molecule has 0 spiro atoms. The lowest BCUT2D eigenvalue weighted by Gasteiger charge is -2.01. The Hall–Kier alpha value is -0.620. The maximum atomic E-state index is 8.26. The molecular formula is C12H26O5. The van der Waals surface area contributed by atoms with Crippen molar-refractivity contribution < 1.29 is 24.4 Å². The summed E-state index contributed by atoms with van der Waals surface area (Å²) < 4.78 is 14.6. The maximum absolute atomic E-state index is 8.26. The number of hydrogen-bond acceptors (Lipinski definition) is 5. The predicted octanol–water partition coefficient (Wildman–Crippen LogP) is 0.951. The first-order chi connectivity index (χ1) is 8.33. The summed E-state index contributed by atoms with van der Waals surface area (Å²) in [5.41, 5.74) is 0. The first-order valence-electron chi connectivity index (χ1n) is 5.93. The van der Waals surface area contributed by atoms with E-state index in [0.29, 0.717) is 26.4 Å². The minimum absolute atomic E-state index is 0.0417. The molecule has 0 saturated heterocycles. The van der Waals surface area contributed by atoms with E-state index in [9.17, 15) is 0 Å². The molecule has 0 atom stereocenters. The zero-order valence-corrected chi connectivity index (χ0v) is 10.8. The number of hydrogen-bond donors (Lipinski definition) is 2. The van der Waals surface area contributed by atoms with Crippen LogP contribution >= 0.6 is 0 Å². The van der Waals surface area contributed by atoms with Crippen LogP contribution in [0.2, 0.25) is 0 Å². The van der Waals surface area contributed by atoms with E-state index < -0.39 is 0 Å². The quantitative estimate of drug-likeness (QED) is 0.422. The fraction of sp³-hybridized carbons (Fsp3) is 0.833. The average molecular weight is 250 g/mol. The number of unbranched alkanes of at least 4 members (excludes halogenated alkanes) is 1. The monoisotopic (exact) mass is 250 g/mol. The van der Waals surface area contributed by atoms with Gasteiger partial charge in [0, 0.05) is 0 Å². The van der Waals surface area contributed by atoms with Crippen LogP contribution in [0.4, 0.5) is 0 Å². The van der Waals surface area contributed by atoms with Crippen LogP contribution in [0.1, 0.15) is 19.8 Å². The highest BCUT2D eigenvalue weighted by Gasteiger charge is 1.86. The van der Waals surface area contributed by atoms with Gasteiger partial charge in [-0.3, -0.25) is 0 Å². The van der Waals surface area contributed by atoms with Crippen molar-refractivity contribution in [2.75, 3.05) is 46.2 Å². The first-order valence-corrected chi connectivity index (χ1v) is 5.93. The van der Waals surface area contributed by atoms with Crippen LogP contribution in [0, 0.1) is 0 Å². The lowest BCUT2D eigenvalue weighted by molar-refractivity contribution is 0.0222. The van der Waals surface area contributed by atoms with E-state index in [2.05, 4.69) is 13.5 Å². The normalized spacial score (nSPS) is 9.35. The van der Waals surface area contributed by atoms with Gasteiger partial charge in [-0.25, -0.2) is 0 Å². The lowest BCUT2D eigenvalue weighted by atomic mass is 10.4. The molecule has 0 aromatic heterocycles. The van der Waals surface area contributed by atoms with Crippen molar-refractivity contribution in [1.29, 1.82) is 0 Å². The highest BCUT2D eigenvalue weighted by molar-refractivity contribution is 4.47. The molecule has 5 nitrogen and oxygen atoms in total. The molecule has 0 aromatic rings. The van der Waals surface area contributed by atoms with Gasteiger partial charge in [0.05, 0.1) is 52.5 Å². The molecule has 0 aromatic carbocycles. The van der Waals surface area contributed by atoms with Crippen LogP contribution in [-0.2, 0) is 14.2 Å². The molecule has 0 bridgehead atoms. The Morgan fingerprint density at radius 2 is 1.47 bits per heavy atom. The molecule has 0 rings (SSSR count). The second-order valence-corrected chi connectivity index (χ2v) is 3.06. The predicted molar refractivity (Wildman–Crippen MR) is 66.9 cm³/mol. The molecule has 0 saturated carbocycles. The van der Waals surface area contributed by atoms with Gasteiger partial charge in [0.1, 0.15) is 0 Å². The number of aliphatic hydroxyl groups is 2. The third-order valence-electron chi connectivity index (χ3n) is 1.58. The van der Waals surface area contributed by atoms with Crippen molar-refractivity contribution in [2.24, 2.45) is 0 Å². The van der Waals surface area contributed by atoms with E-state index in [4.69, 9.17) is 24.4 Å². The van der Waals surface area contributed by atoms with Gasteiger partial charge in [0.2, 0.25) is 0 Å². The zero-order valence-electron chi connectivity index (χ0n) is 10.8.